The van der Waals surface area contributed by atoms with Crippen molar-refractivity contribution in [3.05, 3.63) is 24.0 Å². The van der Waals surface area contributed by atoms with Gasteiger partial charge in [0.15, 0.2) is 0 Å². The SMILES string of the molecule is CCC(C)OCC(=O)c1cccn1C. The summed E-state index contributed by atoms with van der Waals surface area (Å²) in [5.74, 6) is 0.0396. The lowest BCUT2D eigenvalue weighted by atomic mass is 10.3. The Morgan fingerprint density at radius 2 is 2.36 bits per heavy atom. The third-order valence-corrected chi connectivity index (χ3v) is 2.30. The van der Waals surface area contributed by atoms with Crippen LogP contribution in [0.5, 0.6) is 0 Å². The van der Waals surface area contributed by atoms with Crippen LogP contribution < -0.4 is 0 Å². The van der Waals surface area contributed by atoms with Crippen LogP contribution in [-0.2, 0) is 11.8 Å². The first-order valence-electron chi connectivity index (χ1n) is 4.91. The zero-order chi connectivity index (χ0) is 10.6. The minimum Gasteiger partial charge on any atom is -0.370 e. The van der Waals surface area contributed by atoms with Crippen molar-refractivity contribution in [3.63, 3.8) is 0 Å². The van der Waals surface area contributed by atoms with Gasteiger partial charge in [0.1, 0.15) is 6.61 Å². The molecule has 0 aromatic carbocycles. The zero-order valence-corrected chi connectivity index (χ0v) is 8.99. The molecule has 3 heteroatoms. The molecule has 0 saturated heterocycles. The van der Waals surface area contributed by atoms with Crippen LogP contribution >= 0.6 is 0 Å². The van der Waals surface area contributed by atoms with Gasteiger partial charge in [-0.1, -0.05) is 6.92 Å². The molecule has 0 spiro atoms. The van der Waals surface area contributed by atoms with Crippen LogP contribution in [0.1, 0.15) is 30.8 Å². The Kier molecular flexibility index (Phi) is 3.89. The molecule has 1 aromatic heterocycles. The molecule has 3 nitrogen and oxygen atoms in total. The predicted octanol–water partition coefficient (Wildman–Crippen LogP) is 2.02. The number of ether oxygens (including phenoxy) is 1. The topological polar surface area (TPSA) is 31.2 Å². The lowest BCUT2D eigenvalue weighted by Gasteiger charge is -2.09. The third-order valence-electron chi connectivity index (χ3n) is 2.30. The summed E-state index contributed by atoms with van der Waals surface area (Å²) in [6.45, 7) is 4.18. The largest absolute Gasteiger partial charge is 0.370 e. The number of carbonyl (C=O) groups is 1. The molecule has 1 aromatic rings. The monoisotopic (exact) mass is 195 g/mol. The van der Waals surface area contributed by atoms with Crippen molar-refractivity contribution >= 4 is 5.78 Å². The summed E-state index contributed by atoms with van der Waals surface area (Å²) in [7, 11) is 1.86. The Labute approximate surface area is 84.7 Å². The Hall–Kier alpha value is -1.09. The van der Waals surface area contributed by atoms with Crippen molar-refractivity contribution in [1.29, 1.82) is 0 Å². The van der Waals surface area contributed by atoms with Gasteiger partial charge in [-0.25, -0.2) is 0 Å². The van der Waals surface area contributed by atoms with Crippen LogP contribution in [0, 0.1) is 0 Å². The number of hydrogen-bond donors (Lipinski definition) is 0. The Morgan fingerprint density at radius 3 is 2.86 bits per heavy atom. The first-order chi connectivity index (χ1) is 6.65. The highest BCUT2D eigenvalue weighted by atomic mass is 16.5. The first-order valence-corrected chi connectivity index (χ1v) is 4.91. The quantitative estimate of drug-likeness (QED) is 0.673. The highest BCUT2D eigenvalue weighted by Crippen LogP contribution is 2.03. The van der Waals surface area contributed by atoms with E-state index in [9.17, 15) is 4.79 Å². The normalized spacial score (nSPS) is 12.8. The maximum absolute atomic E-state index is 11.6. The van der Waals surface area contributed by atoms with E-state index in [-0.39, 0.29) is 18.5 Å². The van der Waals surface area contributed by atoms with E-state index in [0.29, 0.717) is 5.69 Å². The zero-order valence-electron chi connectivity index (χ0n) is 8.99. The number of hydrogen-bond acceptors (Lipinski definition) is 2. The van der Waals surface area contributed by atoms with E-state index < -0.39 is 0 Å². The Bertz CT molecular complexity index is 304. The van der Waals surface area contributed by atoms with Gasteiger partial charge in [0.25, 0.3) is 0 Å². The van der Waals surface area contributed by atoms with Crippen molar-refractivity contribution in [2.75, 3.05) is 6.61 Å². The second-order valence-corrected chi connectivity index (χ2v) is 3.46. The van der Waals surface area contributed by atoms with Crippen LogP contribution in [0.4, 0.5) is 0 Å². The van der Waals surface area contributed by atoms with Gasteiger partial charge in [0, 0.05) is 13.2 Å². The van der Waals surface area contributed by atoms with E-state index in [1.54, 1.807) is 0 Å². The van der Waals surface area contributed by atoms with Crippen molar-refractivity contribution in [3.8, 4) is 0 Å². The summed E-state index contributed by atoms with van der Waals surface area (Å²) in [5, 5.41) is 0. The van der Waals surface area contributed by atoms with Crippen LogP contribution in [0.3, 0.4) is 0 Å². The molecule has 0 bridgehead atoms. The van der Waals surface area contributed by atoms with Gasteiger partial charge in [0.05, 0.1) is 11.8 Å². The summed E-state index contributed by atoms with van der Waals surface area (Å²) in [5.41, 5.74) is 0.702. The molecule has 0 N–H and O–H groups in total. The molecule has 1 rings (SSSR count). The molecule has 1 unspecified atom stereocenters. The predicted molar refractivity (Wildman–Crippen MR) is 55.4 cm³/mol. The lowest BCUT2D eigenvalue weighted by Crippen LogP contribution is -2.17. The molecule has 0 radical (unpaired) electrons. The summed E-state index contributed by atoms with van der Waals surface area (Å²) >= 11 is 0. The minimum absolute atomic E-state index is 0.0396. The number of nitrogens with zero attached hydrogens (tertiary/aromatic N) is 1. The first kappa shape index (κ1) is 11.0. The standard InChI is InChI=1S/C11H17NO2/c1-4-9(2)14-8-11(13)10-6-5-7-12(10)3/h5-7,9H,4,8H2,1-3H3. The molecule has 1 heterocycles. The Morgan fingerprint density at radius 1 is 1.64 bits per heavy atom. The molecular weight excluding hydrogens is 178 g/mol. The van der Waals surface area contributed by atoms with Gasteiger partial charge in [0.2, 0.25) is 5.78 Å². The Balaban J connectivity index is 2.47. The third kappa shape index (κ3) is 2.70. The summed E-state index contributed by atoms with van der Waals surface area (Å²) < 4.78 is 7.18. The molecule has 0 saturated carbocycles. The molecule has 0 aliphatic rings. The van der Waals surface area contributed by atoms with Crippen molar-refractivity contribution < 1.29 is 9.53 Å². The van der Waals surface area contributed by atoms with Crippen molar-refractivity contribution in [1.82, 2.24) is 4.57 Å². The van der Waals surface area contributed by atoms with E-state index in [0.717, 1.165) is 6.42 Å². The second-order valence-electron chi connectivity index (χ2n) is 3.46. The summed E-state index contributed by atoms with van der Waals surface area (Å²) in [6.07, 6.45) is 2.94. The molecule has 0 fully saturated rings. The van der Waals surface area contributed by atoms with Gasteiger partial charge in [-0.15, -0.1) is 0 Å². The molecule has 1 atom stereocenters. The fraction of sp³-hybridized carbons (Fsp3) is 0.545. The fourth-order valence-electron chi connectivity index (χ4n) is 1.16. The minimum atomic E-state index is 0.0396. The van der Waals surface area contributed by atoms with Gasteiger partial charge in [-0.3, -0.25) is 4.79 Å². The van der Waals surface area contributed by atoms with E-state index >= 15 is 0 Å². The average molecular weight is 195 g/mol. The lowest BCUT2D eigenvalue weighted by molar-refractivity contribution is 0.0505. The van der Waals surface area contributed by atoms with Crippen molar-refractivity contribution in [2.24, 2.45) is 7.05 Å². The van der Waals surface area contributed by atoms with Gasteiger partial charge in [-0.2, -0.15) is 0 Å². The van der Waals surface area contributed by atoms with E-state index in [1.165, 1.54) is 0 Å². The maximum Gasteiger partial charge on any atom is 0.204 e. The molecule has 0 aliphatic heterocycles. The smallest absolute Gasteiger partial charge is 0.204 e. The summed E-state index contributed by atoms with van der Waals surface area (Å²) in [4.78, 5) is 11.6. The van der Waals surface area contributed by atoms with E-state index in [4.69, 9.17) is 4.74 Å². The van der Waals surface area contributed by atoms with Crippen LogP contribution in [0.15, 0.2) is 18.3 Å². The van der Waals surface area contributed by atoms with Crippen LogP contribution in [-0.4, -0.2) is 23.1 Å². The number of ketones is 1. The molecule has 0 amide bonds. The summed E-state index contributed by atoms with van der Waals surface area (Å²) in [6, 6.07) is 3.67. The van der Waals surface area contributed by atoms with Gasteiger partial charge in [-0.05, 0) is 25.5 Å². The van der Waals surface area contributed by atoms with E-state index in [1.807, 2.05) is 43.8 Å². The fourth-order valence-corrected chi connectivity index (χ4v) is 1.16. The highest BCUT2D eigenvalue weighted by molar-refractivity contribution is 5.95. The van der Waals surface area contributed by atoms with Gasteiger partial charge < -0.3 is 9.30 Å². The average Bonchev–Trinajstić information content (AvgIpc) is 2.60. The number of aryl methyl sites for hydroxylation is 1. The van der Waals surface area contributed by atoms with E-state index in [2.05, 4.69) is 0 Å². The number of Topliss-reactive ketones (excluding diaryl/α,β-unsaturated/α-hetero) is 1. The number of aromatic nitrogens is 1. The number of carbonyl (C=O) groups excluding carboxylic acids is 1. The van der Waals surface area contributed by atoms with Crippen LogP contribution in [0.2, 0.25) is 0 Å². The molecule has 78 valence electrons. The molecule has 0 aliphatic carbocycles. The molecular formula is C11H17NO2. The van der Waals surface area contributed by atoms with Crippen LogP contribution in [0.25, 0.3) is 0 Å². The maximum atomic E-state index is 11.6. The van der Waals surface area contributed by atoms with Gasteiger partial charge >= 0.3 is 0 Å². The van der Waals surface area contributed by atoms with Crippen molar-refractivity contribution in [2.45, 2.75) is 26.4 Å². The molecule has 14 heavy (non-hydrogen) atoms. The highest BCUT2D eigenvalue weighted by Gasteiger charge is 2.10. The number of rotatable bonds is 5. The second kappa shape index (κ2) is 4.96.